The van der Waals surface area contributed by atoms with Gasteiger partial charge in [-0.3, -0.25) is 14.4 Å². The summed E-state index contributed by atoms with van der Waals surface area (Å²) in [5, 5.41) is 25.3. The highest BCUT2D eigenvalue weighted by Gasteiger charge is 2.40. The van der Waals surface area contributed by atoms with E-state index in [9.17, 15) is 24.6 Å². The summed E-state index contributed by atoms with van der Waals surface area (Å²) in [6.07, 6.45) is 2.53. The number of phenols is 2. The second kappa shape index (κ2) is 15.7. The molecule has 0 spiro atoms. The predicted molar refractivity (Wildman–Crippen MR) is 150 cm³/mol. The highest BCUT2D eigenvalue weighted by molar-refractivity contribution is 5.86. The number of nitrogens with zero attached hydrogens (tertiary/aromatic N) is 2. The molecular formula is C29H48N4O6. The summed E-state index contributed by atoms with van der Waals surface area (Å²) < 4.78 is 5.38. The number of benzene rings is 1. The first kappa shape index (κ1) is 32.4. The molecule has 3 unspecified atom stereocenters. The molecule has 1 heterocycles. The van der Waals surface area contributed by atoms with E-state index in [1.807, 2.05) is 34.9 Å². The van der Waals surface area contributed by atoms with Gasteiger partial charge in [0.2, 0.25) is 17.7 Å². The van der Waals surface area contributed by atoms with Gasteiger partial charge in [-0.2, -0.15) is 0 Å². The van der Waals surface area contributed by atoms with E-state index in [0.717, 1.165) is 18.5 Å². The molecule has 1 aliphatic rings. The number of ether oxygens (including phenoxy) is 1. The van der Waals surface area contributed by atoms with Crippen LogP contribution < -0.4 is 10.6 Å². The van der Waals surface area contributed by atoms with Crippen LogP contribution >= 0.6 is 0 Å². The van der Waals surface area contributed by atoms with Crippen molar-refractivity contribution >= 4 is 17.7 Å². The van der Waals surface area contributed by atoms with Crippen LogP contribution in [0.3, 0.4) is 0 Å². The summed E-state index contributed by atoms with van der Waals surface area (Å²) in [6.45, 7) is 9.50. The summed E-state index contributed by atoms with van der Waals surface area (Å²) in [7, 11) is 3.98. The molecule has 1 aliphatic heterocycles. The number of carbonyl (C=O) groups is 3. The number of hydrogen-bond acceptors (Lipinski definition) is 7. The summed E-state index contributed by atoms with van der Waals surface area (Å²) in [5.41, 5.74) is -0.174. The van der Waals surface area contributed by atoms with Crippen LogP contribution in [0.25, 0.3) is 0 Å². The van der Waals surface area contributed by atoms with E-state index in [4.69, 9.17) is 4.74 Å². The van der Waals surface area contributed by atoms with E-state index >= 15 is 0 Å². The Kier molecular flexibility index (Phi) is 13.0. The van der Waals surface area contributed by atoms with Crippen molar-refractivity contribution in [3.8, 4) is 11.5 Å². The van der Waals surface area contributed by atoms with Gasteiger partial charge in [0, 0.05) is 43.4 Å². The van der Waals surface area contributed by atoms with Crippen LogP contribution in [0.2, 0.25) is 0 Å². The third kappa shape index (κ3) is 10.3. The molecule has 1 saturated heterocycles. The van der Waals surface area contributed by atoms with Crippen LogP contribution in [0.5, 0.6) is 11.5 Å². The molecule has 39 heavy (non-hydrogen) atoms. The summed E-state index contributed by atoms with van der Waals surface area (Å²) in [4.78, 5) is 43.7. The van der Waals surface area contributed by atoms with Crippen molar-refractivity contribution in [3.05, 3.63) is 23.8 Å². The Labute approximate surface area is 233 Å². The Morgan fingerprint density at radius 2 is 1.77 bits per heavy atom. The second-order valence-electron chi connectivity index (χ2n) is 11.2. The summed E-state index contributed by atoms with van der Waals surface area (Å²) in [6, 6.07) is 4.58. The Morgan fingerprint density at radius 3 is 2.38 bits per heavy atom. The van der Waals surface area contributed by atoms with E-state index in [-0.39, 0.29) is 35.1 Å². The van der Waals surface area contributed by atoms with E-state index in [1.54, 1.807) is 11.0 Å². The number of phenolic OH excluding ortho intramolecular Hbond substituents is 2. The molecule has 4 N–H and O–H groups in total. The number of hydrogen-bond donors (Lipinski definition) is 4. The average Bonchev–Trinajstić information content (AvgIpc) is 2.91. The minimum absolute atomic E-state index is 0.00178. The molecule has 1 aromatic rings. The predicted octanol–water partition coefficient (Wildman–Crippen LogP) is 2.13. The first-order valence-corrected chi connectivity index (χ1v) is 14.0. The molecule has 10 nitrogen and oxygen atoms in total. The SMILES string of the molecule is CCC(CC(C)(CC(C)C(=O)N1CCOCC1)C(=O)NCCc1ccc(O)c(O)c1)C(=O)NCCCN(C)C. The topological polar surface area (TPSA) is 131 Å². The number of nitrogens with one attached hydrogen (secondary N) is 2. The number of rotatable bonds is 15. The monoisotopic (exact) mass is 548 g/mol. The molecule has 0 aliphatic carbocycles. The van der Waals surface area contributed by atoms with Gasteiger partial charge in [0.15, 0.2) is 11.5 Å². The molecule has 2 rings (SSSR count). The van der Waals surface area contributed by atoms with Crippen molar-refractivity contribution in [2.75, 3.05) is 60.0 Å². The lowest BCUT2D eigenvalue weighted by Gasteiger charge is -2.35. The molecule has 0 bridgehead atoms. The van der Waals surface area contributed by atoms with Crippen LogP contribution in [0.1, 0.15) is 52.0 Å². The Bertz CT molecular complexity index is 950. The highest BCUT2D eigenvalue weighted by atomic mass is 16.5. The van der Waals surface area contributed by atoms with E-state index in [2.05, 4.69) is 15.5 Å². The average molecular weight is 549 g/mol. The van der Waals surface area contributed by atoms with Crippen molar-refractivity contribution in [1.29, 1.82) is 0 Å². The van der Waals surface area contributed by atoms with Gasteiger partial charge in [-0.15, -0.1) is 0 Å². The fourth-order valence-electron chi connectivity index (χ4n) is 5.10. The minimum atomic E-state index is -0.944. The van der Waals surface area contributed by atoms with Gasteiger partial charge in [-0.1, -0.05) is 26.8 Å². The van der Waals surface area contributed by atoms with Gasteiger partial charge >= 0.3 is 0 Å². The van der Waals surface area contributed by atoms with Gasteiger partial charge < -0.3 is 35.4 Å². The quantitative estimate of drug-likeness (QED) is 0.195. The first-order valence-electron chi connectivity index (χ1n) is 14.0. The molecule has 1 aromatic carbocycles. The lowest BCUT2D eigenvalue weighted by Crippen LogP contribution is -2.47. The van der Waals surface area contributed by atoms with Crippen LogP contribution in [-0.2, 0) is 25.5 Å². The van der Waals surface area contributed by atoms with Crippen LogP contribution in [0.4, 0.5) is 0 Å². The van der Waals surface area contributed by atoms with E-state index in [0.29, 0.717) is 65.1 Å². The minimum Gasteiger partial charge on any atom is -0.504 e. The fourth-order valence-corrected chi connectivity index (χ4v) is 5.10. The van der Waals surface area contributed by atoms with Gasteiger partial charge in [0.1, 0.15) is 0 Å². The van der Waals surface area contributed by atoms with Crippen LogP contribution in [-0.4, -0.2) is 97.8 Å². The lowest BCUT2D eigenvalue weighted by atomic mass is 9.73. The van der Waals surface area contributed by atoms with E-state index < -0.39 is 11.3 Å². The summed E-state index contributed by atoms with van der Waals surface area (Å²) in [5.74, 6) is -1.43. The van der Waals surface area contributed by atoms with Crippen LogP contribution in [0.15, 0.2) is 18.2 Å². The van der Waals surface area contributed by atoms with Gasteiger partial charge in [0.05, 0.1) is 13.2 Å². The van der Waals surface area contributed by atoms with Crippen molar-refractivity contribution < 1.29 is 29.3 Å². The molecule has 3 atom stereocenters. The van der Waals surface area contributed by atoms with Crippen molar-refractivity contribution in [2.24, 2.45) is 17.3 Å². The Balaban J connectivity index is 2.11. The lowest BCUT2D eigenvalue weighted by molar-refractivity contribution is -0.142. The maximum absolute atomic E-state index is 13.6. The molecule has 0 saturated carbocycles. The second-order valence-corrected chi connectivity index (χ2v) is 11.2. The molecule has 220 valence electrons. The molecular weight excluding hydrogens is 500 g/mol. The zero-order chi connectivity index (χ0) is 29.0. The zero-order valence-corrected chi connectivity index (χ0v) is 24.3. The standard InChI is InChI=1S/C29H48N4O6/c1-6-23(26(36)30-11-7-13-32(4)5)20-29(3,19-21(2)27(37)33-14-16-39-17-15-33)28(38)31-12-10-22-8-9-24(34)25(35)18-22/h8-9,18,21,23,34-35H,6-7,10-17,19-20H2,1-5H3,(H,30,36)(H,31,38). The molecule has 0 aromatic heterocycles. The third-order valence-electron chi connectivity index (χ3n) is 7.43. The zero-order valence-electron chi connectivity index (χ0n) is 24.3. The van der Waals surface area contributed by atoms with Gasteiger partial charge in [-0.05, 0) is 70.4 Å². The van der Waals surface area contributed by atoms with Gasteiger partial charge in [-0.25, -0.2) is 0 Å². The maximum Gasteiger partial charge on any atom is 0.225 e. The number of morpholine rings is 1. The van der Waals surface area contributed by atoms with Gasteiger partial charge in [0.25, 0.3) is 0 Å². The van der Waals surface area contributed by atoms with Crippen LogP contribution in [0, 0.1) is 17.3 Å². The maximum atomic E-state index is 13.6. The number of carbonyl (C=O) groups excluding carboxylic acids is 3. The molecule has 10 heteroatoms. The highest BCUT2D eigenvalue weighted by Crippen LogP contribution is 2.36. The van der Waals surface area contributed by atoms with Crippen molar-refractivity contribution in [1.82, 2.24) is 20.4 Å². The number of amides is 3. The smallest absolute Gasteiger partial charge is 0.225 e. The number of aromatic hydroxyl groups is 2. The molecule has 3 amide bonds. The van der Waals surface area contributed by atoms with Crippen molar-refractivity contribution in [2.45, 2.75) is 52.9 Å². The largest absolute Gasteiger partial charge is 0.504 e. The van der Waals surface area contributed by atoms with E-state index in [1.165, 1.54) is 12.1 Å². The molecule has 1 fully saturated rings. The Morgan fingerprint density at radius 1 is 1.08 bits per heavy atom. The normalized spacial score (nSPS) is 16.8. The Hall–Kier alpha value is -2.85. The van der Waals surface area contributed by atoms with Crippen molar-refractivity contribution in [3.63, 3.8) is 0 Å². The molecule has 0 radical (unpaired) electrons. The third-order valence-corrected chi connectivity index (χ3v) is 7.43. The first-order chi connectivity index (χ1) is 18.5. The summed E-state index contributed by atoms with van der Waals surface area (Å²) >= 11 is 0. The fraction of sp³-hybridized carbons (Fsp3) is 0.690.